The fourth-order valence-corrected chi connectivity index (χ4v) is 6.47. The summed E-state index contributed by atoms with van der Waals surface area (Å²) in [6.45, 7) is 6.48. The predicted octanol–water partition coefficient (Wildman–Crippen LogP) is 9.95. The summed E-state index contributed by atoms with van der Waals surface area (Å²) in [5, 5.41) is 0. The third-order valence-electron chi connectivity index (χ3n) is 8.79. The van der Waals surface area contributed by atoms with Crippen LogP contribution in [0.1, 0.15) is 126 Å². The number of ether oxygens (including phenoxy) is 2. The molecule has 0 spiro atoms. The number of benzene rings is 2. The van der Waals surface area contributed by atoms with Crippen LogP contribution in [0.4, 0.5) is 17.6 Å². The van der Waals surface area contributed by atoms with Gasteiger partial charge in [-0.15, -0.1) is 0 Å². The Morgan fingerprint density at radius 3 is 2.08 bits per heavy atom. The van der Waals surface area contributed by atoms with Crippen LogP contribution in [-0.4, -0.2) is 13.2 Å². The number of unbranched alkanes of at least 4 members (excludes halogenated alkanes) is 1. The van der Waals surface area contributed by atoms with Gasteiger partial charge >= 0.3 is 0 Å². The molecule has 0 amide bonds. The molecule has 38 heavy (non-hydrogen) atoms. The highest BCUT2D eigenvalue weighted by atomic mass is 19.2. The molecule has 6 heteroatoms. The lowest BCUT2D eigenvalue weighted by Crippen LogP contribution is -2.21. The highest BCUT2D eigenvalue weighted by molar-refractivity contribution is 5.44. The lowest BCUT2D eigenvalue weighted by molar-refractivity contribution is 0.267. The summed E-state index contributed by atoms with van der Waals surface area (Å²) >= 11 is 0. The van der Waals surface area contributed by atoms with Crippen molar-refractivity contribution in [3.8, 4) is 11.5 Å². The number of halogens is 4. The molecule has 1 unspecified atom stereocenters. The van der Waals surface area contributed by atoms with Gasteiger partial charge in [-0.1, -0.05) is 45.6 Å². The SMILES string of the molecule is CCCCOc1ccc(C2CCC(C(C)c3cc(C4CCCCC4)c(F)c(F)c3OCC)CC2)c(F)c1F. The molecule has 0 bridgehead atoms. The van der Waals surface area contributed by atoms with Crippen molar-refractivity contribution < 1.29 is 27.0 Å². The van der Waals surface area contributed by atoms with Crippen LogP contribution in [0.25, 0.3) is 0 Å². The molecule has 0 N–H and O–H groups in total. The lowest BCUT2D eigenvalue weighted by Gasteiger charge is -2.34. The fourth-order valence-electron chi connectivity index (χ4n) is 6.47. The van der Waals surface area contributed by atoms with Gasteiger partial charge < -0.3 is 9.47 Å². The van der Waals surface area contributed by atoms with Crippen LogP contribution in [-0.2, 0) is 0 Å². The van der Waals surface area contributed by atoms with Crippen LogP contribution < -0.4 is 9.47 Å². The van der Waals surface area contributed by atoms with Crippen molar-refractivity contribution >= 4 is 0 Å². The van der Waals surface area contributed by atoms with E-state index in [9.17, 15) is 8.78 Å². The average molecular weight is 535 g/mol. The van der Waals surface area contributed by atoms with Crippen LogP contribution in [0.2, 0.25) is 0 Å². The van der Waals surface area contributed by atoms with E-state index in [-0.39, 0.29) is 41.8 Å². The maximum absolute atomic E-state index is 15.3. The van der Waals surface area contributed by atoms with E-state index in [4.69, 9.17) is 9.47 Å². The molecule has 0 aromatic heterocycles. The van der Waals surface area contributed by atoms with Crippen LogP contribution in [0.15, 0.2) is 18.2 Å². The minimum absolute atomic E-state index is 0.0300. The molecule has 0 radical (unpaired) electrons. The molecular formula is C32H42F4O2. The first kappa shape index (κ1) is 28.8. The molecule has 0 heterocycles. The molecule has 0 aliphatic heterocycles. The Bertz CT molecular complexity index is 1070. The van der Waals surface area contributed by atoms with Crippen molar-refractivity contribution in [1.82, 2.24) is 0 Å². The smallest absolute Gasteiger partial charge is 0.201 e. The molecule has 2 aliphatic rings. The minimum atomic E-state index is -0.910. The van der Waals surface area contributed by atoms with Crippen molar-refractivity contribution in [2.75, 3.05) is 13.2 Å². The van der Waals surface area contributed by atoms with Crippen molar-refractivity contribution in [3.05, 3.63) is 58.2 Å². The molecule has 2 saturated carbocycles. The summed E-state index contributed by atoms with van der Waals surface area (Å²) in [7, 11) is 0. The second-order valence-electron chi connectivity index (χ2n) is 11.2. The third kappa shape index (κ3) is 6.15. The Kier molecular flexibility index (Phi) is 10.00. The highest BCUT2D eigenvalue weighted by Crippen LogP contribution is 2.47. The van der Waals surface area contributed by atoms with E-state index >= 15 is 8.78 Å². The Hall–Kier alpha value is -2.24. The van der Waals surface area contributed by atoms with Crippen molar-refractivity contribution in [2.45, 2.75) is 109 Å². The van der Waals surface area contributed by atoms with E-state index in [0.717, 1.165) is 63.4 Å². The van der Waals surface area contributed by atoms with Gasteiger partial charge in [0.25, 0.3) is 0 Å². The van der Waals surface area contributed by atoms with E-state index in [1.165, 1.54) is 0 Å². The maximum atomic E-state index is 15.3. The standard InChI is InChI=1S/C32H42F4O2/c1-4-6-18-38-27-17-16-24(28(33)30(27)35)23-14-12-21(13-15-23)20(3)25-19-26(22-10-8-7-9-11-22)29(34)31(36)32(25)37-5-2/h16-17,19-23H,4-15,18H2,1-3H3. The second kappa shape index (κ2) is 13.2. The monoisotopic (exact) mass is 534 g/mol. The molecule has 2 nitrogen and oxygen atoms in total. The topological polar surface area (TPSA) is 18.5 Å². The van der Waals surface area contributed by atoms with E-state index in [0.29, 0.717) is 30.6 Å². The Balaban J connectivity index is 1.50. The normalized spacial score (nSPS) is 21.3. The maximum Gasteiger partial charge on any atom is 0.201 e. The van der Waals surface area contributed by atoms with Gasteiger partial charge in [-0.25, -0.2) is 8.78 Å². The van der Waals surface area contributed by atoms with Crippen LogP contribution in [0.3, 0.4) is 0 Å². The zero-order valence-electron chi connectivity index (χ0n) is 23.1. The van der Waals surface area contributed by atoms with Gasteiger partial charge in [0.15, 0.2) is 23.1 Å². The van der Waals surface area contributed by atoms with E-state index in [2.05, 4.69) is 6.92 Å². The predicted molar refractivity (Wildman–Crippen MR) is 143 cm³/mol. The second-order valence-corrected chi connectivity index (χ2v) is 11.2. The largest absolute Gasteiger partial charge is 0.490 e. The number of rotatable bonds is 10. The summed E-state index contributed by atoms with van der Waals surface area (Å²) in [4.78, 5) is 0. The van der Waals surface area contributed by atoms with E-state index in [1.54, 1.807) is 19.1 Å². The summed E-state index contributed by atoms with van der Waals surface area (Å²) < 4.78 is 71.2. The molecule has 4 rings (SSSR count). The molecule has 2 aromatic rings. The first-order chi connectivity index (χ1) is 18.4. The molecule has 1 atom stereocenters. The van der Waals surface area contributed by atoms with Gasteiger partial charge in [-0.2, -0.15) is 8.78 Å². The Morgan fingerprint density at radius 1 is 0.763 bits per heavy atom. The van der Waals surface area contributed by atoms with Gasteiger partial charge in [0.05, 0.1) is 13.2 Å². The molecule has 2 aromatic carbocycles. The Labute approximate surface area is 225 Å². The summed E-state index contributed by atoms with van der Waals surface area (Å²) in [5.74, 6) is -3.20. The fraction of sp³-hybridized carbons (Fsp3) is 0.625. The number of hydrogen-bond acceptors (Lipinski definition) is 2. The summed E-state index contributed by atoms with van der Waals surface area (Å²) in [6.07, 6.45) is 9.71. The molecular weight excluding hydrogens is 492 g/mol. The van der Waals surface area contributed by atoms with E-state index < -0.39 is 23.3 Å². The third-order valence-corrected chi connectivity index (χ3v) is 8.79. The van der Waals surface area contributed by atoms with E-state index in [1.807, 2.05) is 13.0 Å². The molecule has 0 saturated heterocycles. The van der Waals surface area contributed by atoms with Crippen molar-refractivity contribution in [3.63, 3.8) is 0 Å². The number of hydrogen-bond donors (Lipinski definition) is 0. The van der Waals surface area contributed by atoms with Crippen LogP contribution >= 0.6 is 0 Å². The van der Waals surface area contributed by atoms with Crippen LogP contribution in [0.5, 0.6) is 11.5 Å². The molecule has 210 valence electrons. The lowest BCUT2D eigenvalue weighted by atomic mass is 9.71. The summed E-state index contributed by atoms with van der Waals surface area (Å²) in [5.41, 5.74) is 1.62. The van der Waals surface area contributed by atoms with Gasteiger partial charge in [-0.05, 0) is 98.8 Å². The zero-order chi connectivity index (χ0) is 27.2. The minimum Gasteiger partial charge on any atom is -0.490 e. The van der Waals surface area contributed by atoms with Gasteiger partial charge in [0, 0.05) is 5.56 Å². The van der Waals surface area contributed by atoms with Crippen LogP contribution in [0, 0.1) is 29.2 Å². The molecule has 2 aliphatic carbocycles. The quantitative estimate of drug-likeness (QED) is 0.223. The zero-order valence-corrected chi connectivity index (χ0v) is 23.1. The summed E-state index contributed by atoms with van der Waals surface area (Å²) in [6, 6.07) is 5.07. The molecule has 2 fully saturated rings. The first-order valence-corrected chi connectivity index (χ1v) is 14.6. The Morgan fingerprint density at radius 2 is 1.42 bits per heavy atom. The van der Waals surface area contributed by atoms with Gasteiger partial charge in [-0.3, -0.25) is 0 Å². The van der Waals surface area contributed by atoms with Crippen molar-refractivity contribution in [1.29, 1.82) is 0 Å². The highest BCUT2D eigenvalue weighted by Gasteiger charge is 2.33. The first-order valence-electron chi connectivity index (χ1n) is 14.6. The van der Waals surface area contributed by atoms with Gasteiger partial charge in [0.1, 0.15) is 0 Å². The van der Waals surface area contributed by atoms with Gasteiger partial charge in [0.2, 0.25) is 11.6 Å². The average Bonchev–Trinajstić information content (AvgIpc) is 2.94. The van der Waals surface area contributed by atoms with Crippen molar-refractivity contribution in [2.24, 2.45) is 5.92 Å².